The zero-order chi connectivity index (χ0) is 17.7. The summed E-state index contributed by atoms with van der Waals surface area (Å²) in [6.45, 7) is 9.99. The van der Waals surface area contributed by atoms with Crippen molar-refractivity contribution >= 4 is 34.5 Å². The molecule has 1 atom stereocenters. The molecule has 2 rings (SSSR count). The average molecular weight is 347 g/mol. The Morgan fingerprint density at radius 3 is 2.96 bits per heavy atom. The Morgan fingerprint density at radius 2 is 2.29 bits per heavy atom. The van der Waals surface area contributed by atoms with Crippen molar-refractivity contribution in [3.8, 4) is 0 Å². The number of nitrogens with zero attached hydrogens (tertiary/aromatic N) is 2. The molecule has 1 fully saturated rings. The number of amidine groups is 1. The van der Waals surface area contributed by atoms with Crippen LogP contribution in [-0.2, 0) is 14.3 Å². The summed E-state index contributed by atoms with van der Waals surface area (Å²) in [5, 5.41) is 11.3. The second kappa shape index (κ2) is 8.10. The molecule has 0 aromatic heterocycles. The van der Waals surface area contributed by atoms with Crippen LogP contribution in [0.4, 0.5) is 0 Å². The number of rotatable bonds is 4. The molecular weight excluding hydrogens is 326 g/mol. The molecule has 0 spiro atoms. The molecule has 0 saturated carbocycles. The predicted molar refractivity (Wildman–Crippen MR) is 96.6 cm³/mol. The second-order valence-electron chi connectivity index (χ2n) is 5.64. The van der Waals surface area contributed by atoms with Gasteiger partial charge in [-0.1, -0.05) is 18.2 Å². The van der Waals surface area contributed by atoms with E-state index in [1.54, 1.807) is 6.92 Å². The minimum Gasteiger partial charge on any atom is -0.463 e. The fourth-order valence-electron chi connectivity index (χ4n) is 2.28. The van der Waals surface area contributed by atoms with E-state index in [1.165, 1.54) is 6.08 Å². The minimum absolute atomic E-state index is 0.253. The van der Waals surface area contributed by atoms with Gasteiger partial charge >= 0.3 is 5.97 Å². The van der Waals surface area contributed by atoms with Crippen LogP contribution in [0.3, 0.4) is 0 Å². The Balaban J connectivity index is 2.11. The minimum atomic E-state index is -0.543. The highest BCUT2D eigenvalue weighted by Gasteiger charge is 2.25. The predicted octanol–water partition coefficient (Wildman–Crippen LogP) is 2.94. The van der Waals surface area contributed by atoms with Gasteiger partial charge in [-0.05, 0) is 56.9 Å². The third kappa shape index (κ3) is 4.67. The lowest BCUT2D eigenvalue weighted by atomic mass is 9.85. The largest absolute Gasteiger partial charge is 0.463 e. The summed E-state index contributed by atoms with van der Waals surface area (Å²) >= 11 is 1.08. The first-order valence-electron chi connectivity index (χ1n) is 7.75. The fourth-order valence-corrected chi connectivity index (χ4v) is 3.01. The number of allylic oxidation sites excluding steroid dienone is 3. The van der Waals surface area contributed by atoms with E-state index in [-0.39, 0.29) is 17.4 Å². The fraction of sp³-hybridized carbons (Fsp3) is 0.412. The Kier molecular flexibility index (Phi) is 6.14. The van der Waals surface area contributed by atoms with Gasteiger partial charge in [-0.2, -0.15) is 5.10 Å². The van der Waals surface area contributed by atoms with Gasteiger partial charge in [-0.25, -0.2) is 4.79 Å². The first-order valence-corrected chi connectivity index (χ1v) is 8.57. The first-order chi connectivity index (χ1) is 11.4. The number of carbonyl (C=O) groups excluding carboxylic acids is 2. The molecule has 0 bridgehead atoms. The molecule has 6 nitrogen and oxygen atoms in total. The van der Waals surface area contributed by atoms with Crippen LogP contribution in [0, 0.1) is 5.92 Å². The average Bonchev–Trinajstić information content (AvgIpc) is 2.86. The molecule has 1 unspecified atom stereocenters. The first kappa shape index (κ1) is 18.2. The highest BCUT2D eigenvalue weighted by atomic mass is 32.2. The third-order valence-corrected chi connectivity index (χ3v) is 4.65. The van der Waals surface area contributed by atoms with E-state index in [0.29, 0.717) is 11.1 Å². The summed E-state index contributed by atoms with van der Waals surface area (Å²) in [7, 11) is 0. The van der Waals surface area contributed by atoms with Crippen molar-refractivity contribution < 1.29 is 14.3 Å². The van der Waals surface area contributed by atoms with Crippen molar-refractivity contribution in [2.24, 2.45) is 16.1 Å². The van der Waals surface area contributed by atoms with Gasteiger partial charge in [0.15, 0.2) is 5.17 Å². The van der Waals surface area contributed by atoms with Gasteiger partial charge in [-0.15, -0.1) is 5.10 Å². The van der Waals surface area contributed by atoms with Gasteiger partial charge in [0.1, 0.15) is 0 Å². The summed E-state index contributed by atoms with van der Waals surface area (Å²) < 4.78 is 4.80. The maximum atomic E-state index is 11.8. The SMILES string of the molecule is C=C(C)C1CC=C(C)C(=NN=C2NC(=O)C(=CC(=O)OCC)S2)C1. The normalized spacial score (nSPS) is 25.8. The van der Waals surface area contributed by atoms with Crippen LogP contribution in [0.25, 0.3) is 0 Å². The molecule has 1 saturated heterocycles. The molecule has 1 aliphatic carbocycles. The van der Waals surface area contributed by atoms with Crippen molar-refractivity contribution in [1.82, 2.24) is 5.32 Å². The lowest BCUT2D eigenvalue weighted by Crippen LogP contribution is -2.20. The number of hydrogen-bond acceptors (Lipinski definition) is 6. The number of nitrogens with one attached hydrogen (secondary N) is 1. The molecule has 2 aliphatic rings. The lowest BCUT2D eigenvalue weighted by molar-refractivity contribution is -0.137. The zero-order valence-electron chi connectivity index (χ0n) is 14.1. The topological polar surface area (TPSA) is 80.1 Å². The molecular formula is C17H21N3O3S. The van der Waals surface area contributed by atoms with Gasteiger partial charge in [-0.3, -0.25) is 10.1 Å². The van der Waals surface area contributed by atoms with Crippen LogP contribution in [0.15, 0.2) is 45.0 Å². The van der Waals surface area contributed by atoms with Crippen molar-refractivity contribution in [3.63, 3.8) is 0 Å². The summed E-state index contributed by atoms with van der Waals surface area (Å²) in [6.07, 6.45) is 5.06. The molecule has 1 N–H and O–H groups in total. The molecule has 24 heavy (non-hydrogen) atoms. The Bertz CT molecular complexity index is 689. The number of carbonyl (C=O) groups is 2. The maximum absolute atomic E-state index is 11.8. The van der Waals surface area contributed by atoms with Gasteiger partial charge in [0.05, 0.1) is 17.2 Å². The molecule has 7 heteroatoms. The zero-order valence-corrected chi connectivity index (χ0v) is 14.9. The van der Waals surface area contributed by atoms with Crippen LogP contribution < -0.4 is 5.32 Å². The van der Waals surface area contributed by atoms with Gasteiger partial charge in [0.25, 0.3) is 5.91 Å². The molecule has 1 amide bonds. The van der Waals surface area contributed by atoms with E-state index in [4.69, 9.17) is 4.74 Å². The smallest absolute Gasteiger partial charge is 0.332 e. The van der Waals surface area contributed by atoms with E-state index in [9.17, 15) is 9.59 Å². The summed E-state index contributed by atoms with van der Waals surface area (Å²) in [6, 6.07) is 0. The van der Waals surface area contributed by atoms with Gasteiger partial charge in [0.2, 0.25) is 0 Å². The van der Waals surface area contributed by atoms with Crippen molar-refractivity contribution in [3.05, 3.63) is 34.8 Å². The van der Waals surface area contributed by atoms with E-state index >= 15 is 0 Å². The van der Waals surface area contributed by atoms with E-state index in [1.807, 2.05) is 13.8 Å². The summed E-state index contributed by atoms with van der Waals surface area (Å²) in [5.74, 6) is -0.543. The quantitative estimate of drug-likeness (QED) is 0.367. The summed E-state index contributed by atoms with van der Waals surface area (Å²) in [5.41, 5.74) is 3.11. The number of thioether (sulfide) groups is 1. The standard InChI is InChI=1S/C17H21N3O3S/c1-5-23-15(21)9-14-16(22)18-17(24-14)20-19-13-8-12(10(2)3)7-6-11(13)4/h6,9,12H,2,5,7-8H2,1,3-4H3,(H,18,20,22). The van der Waals surface area contributed by atoms with Crippen LogP contribution in [0.1, 0.15) is 33.6 Å². The Labute approximate surface area is 145 Å². The molecule has 128 valence electrons. The van der Waals surface area contributed by atoms with E-state index in [0.717, 1.165) is 41.5 Å². The molecule has 0 aromatic carbocycles. The monoisotopic (exact) mass is 347 g/mol. The van der Waals surface area contributed by atoms with Crippen LogP contribution in [-0.4, -0.2) is 29.4 Å². The Hall–Kier alpha value is -2.15. The van der Waals surface area contributed by atoms with E-state index in [2.05, 4.69) is 28.2 Å². The second-order valence-corrected chi connectivity index (χ2v) is 6.67. The maximum Gasteiger partial charge on any atom is 0.332 e. The molecule has 1 aliphatic heterocycles. The van der Waals surface area contributed by atoms with Crippen molar-refractivity contribution in [2.45, 2.75) is 33.6 Å². The highest BCUT2D eigenvalue weighted by molar-refractivity contribution is 8.18. The number of ether oxygens (including phenoxy) is 1. The number of amides is 1. The highest BCUT2D eigenvalue weighted by Crippen LogP contribution is 2.27. The molecule has 1 heterocycles. The van der Waals surface area contributed by atoms with Crippen LogP contribution in [0.5, 0.6) is 0 Å². The molecule has 0 aromatic rings. The van der Waals surface area contributed by atoms with Crippen molar-refractivity contribution in [2.75, 3.05) is 6.61 Å². The summed E-state index contributed by atoms with van der Waals surface area (Å²) in [4.78, 5) is 23.5. The van der Waals surface area contributed by atoms with Gasteiger partial charge in [0, 0.05) is 6.08 Å². The number of hydrogen-bond donors (Lipinski definition) is 1. The van der Waals surface area contributed by atoms with E-state index < -0.39 is 5.97 Å². The molecule has 0 radical (unpaired) electrons. The van der Waals surface area contributed by atoms with Crippen LogP contribution >= 0.6 is 11.8 Å². The Morgan fingerprint density at radius 1 is 1.54 bits per heavy atom. The van der Waals surface area contributed by atoms with Gasteiger partial charge < -0.3 is 4.74 Å². The lowest BCUT2D eigenvalue weighted by Gasteiger charge is -2.21. The van der Waals surface area contributed by atoms with Crippen LogP contribution in [0.2, 0.25) is 0 Å². The number of esters is 1. The third-order valence-electron chi connectivity index (χ3n) is 3.75. The van der Waals surface area contributed by atoms with Crippen molar-refractivity contribution in [1.29, 1.82) is 0 Å².